The average Bonchev–Trinajstić information content (AvgIpc) is 2.59. The number of aromatic nitrogens is 2. The van der Waals surface area contributed by atoms with Gasteiger partial charge < -0.3 is 9.88 Å². The first-order chi connectivity index (χ1) is 7.65. The monoisotopic (exact) mass is 224 g/mol. The third-order valence-electron chi connectivity index (χ3n) is 3.14. The summed E-state index contributed by atoms with van der Waals surface area (Å²) >= 11 is 0. The molecule has 4 nitrogen and oxygen atoms in total. The average molecular weight is 224 g/mol. The molecular formula is C12H24N4. The van der Waals surface area contributed by atoms with Crippen LogP contribution in [0.15, 0.2) is 6.33 Å². The van der Waals surface area contributed by atoms with Gasteiger partial charge in [-0.1, -0.05) is 13.8 Å². The highest BCUT2D eigenvalue weighted by molar-refractivity contribution is 5.16. The number of hydrogen-bond donors (Lipinski definition) is 1. The molecule has 1 heterocycles. The van der Waals surface area contributed by atoms with Crippen molar-refractivity contribution in [1.82, 2.24) is 19.8 Å². The van der Waals surface area contributed by atoms with E-state index in [-0.39, 0.29) is 0 Å². The van der Waals surface area contributed by atoms with E-state index in [2.05, 4.69) is 47.6 Å². The van der Waals surface area contributed by atoms with E-state index in [0.717, 1.165) is 25.3 Å². The van der Waals surface area contributed by atoms with Gasteiger partial charge in [0.25, 0.3) is 0 Å². The molecule has 0 fully saturated rings. The van der Waals surface area contributed by atoms with E-state index in [4.69, 9.17) is 0 Å². The van der Waals surface area contributed by atoms with Gasteiger partial charge in [0.2, 0.25) is 0 Å². The summed E-state index contributed by atoms with van der Waals surface area (Å²) in [5, 5.41) is 3.28. The van der Waals surface area contributed by atoms with Crippen LogP contribution in [-0.2, 0) is 7.05 Å². The molecule has 0 saturated heterocycles. The number of nitrogens with one attached hydrogen (secondary N) is 1. The summed E-state index contributed by atoms with van der Waals surface area (Å²) in [5.74, 6) is 0. The third-order valence-corrected chi connectivity index (χ3v) is 3.14. The van der Waals surface area contributed by atoms with Gasteiger partial charge in [0.1, 0.15) is 0 Å². The highest BCUT2D eigenvalue weighted by Gasteiger charge is 2.22. The molecule has 0 saturated carbocycles. The second kappa shape index (κ2) is 6.01. The first-order valence-corrected chi connectivity index (χ1v) is 6.02. The van der Waals surface area contributed by atoms with Gasteiger partial charge in [0.15, 0.2) is 0 Å². The Kier molecular flexibility index (Phi) is 4.96. The normalized spacial score (nSPS) is 13.4. The zero-order valence-electron chi connectivity index (χ0n) is 11.1. The smallest absolute Gasteiger partial charge is 0.0949 e. The van der Waals surface area contributed by atoms with E-state index in [1.165, 1.54) is 5.69 Å². The molecule has 0 bridgehead atoms. The van der Waals surface area contributed by atoms with Crippen LogP contribution < -0.4 is 5.32 Å². The maximum atomic E-state index is 4.38. The predicted molar refractivity (Wildman–Crippen MR) is 67.5 cm³/mol. The Bertz CT molecular complexity index is 295. The number of nitrogens with zero attached hydrogens (tertiary/aromatic N) is 3. The van der Waals surface area contributed by atoms with Gasteiger partial charge in [-0.2, -0.15) is 0 Å². The van der Waals surface area contributed by atoms with Crippen molar-refractivity contribution < 1.29 is 0 Å². The molecule has 0 aliphatic heterocycles. The molecule has 0 radical (unpaired) electrons. The molecule has 4 heteroatoms. The van der Waals surface area contributed by atoms with Gasteiger partial charge >= 0.3 is 0 Å². The highest BCUT2D eigenvalue weighted by Crippen LogP contribution is 2.21. The minimum Gasteiger partial charge on any atom is -0.336 e. The van der Waals surface area contributed by atoms with Gasteiger partial charge in [0, 0.05) is 13.6 Å². The van der Waals surface area contributed by atoms with Crippen molar-refractivity contribution in [3.05, 3.63) is 17.7 Å². The molecule has 1 atom stereocenters. The van der Waals surface area contributed by atoms with Crippen molar-refractivity contribution in [2.75, 3.05) is 26.7 Å². The molecule has 0 amide bonds. The van der Waals surface area contributed by atoms with Crippen molar-refractivity contribution in [3.8, 4) is 0 Å². The molecule has 1 aromatic rings. The minimum atomic E-state index is 0.410. The second-order valence-electron chi connectivity index (χ2n) is 4.12. The lowest BCUT2D eigenvalue weighted by atomic mass is 10.1. The summed E-state index contributed by atoms with van der Waals surface area (Å²) in [4.78, 5) is 6.84. The predicted octanol–water partition coefficient (Wildman–Crippen LogP) is 1.33. The quantitative estimate of drug-likeness (QED) is 0.791. The van der Waals surface area contributed by atoms with Crippen LogP contribution in [0.4, 0.5) is 0 Å². The molecule has 1 N–H and O–H groups in total. The standard InChI is InChI=1S/C12H24N4/c1-6-16(7-2)11(8-13-4)12-10(3)14-9-15(12)5/h9,11,13H,6-8H2,1-5H3. The van der Waals surface area contributed by atoms with Crippen LogP contribution >= 0.6 is 0 Å². The van der Waals surface area contributed by atoms with Crippen LogP contribution in [0.5, 0.6) is 0 Å². The zero-order chi connectivity index (χ0) is 12.1. The molecule has 0 aliphatic carbocycles. The molecular weight excluding hydrogens is 200 g/mol. The molecule has 1 unspecified atom stereocenters. The summed E-state index contributed by atoms with van der Waals surface area (Å²) in [6.45, 7) is 9.58. The SMILES string of the molecule is CCN(CC)C(CNC)c1c(C)ncn1C. The number of likely N-dealkylation sites (N-methyl/N-ethyl adjacent to an activating group) is 2. The Morgan fingerprint density at radius 3 is 2.44 bits per heavy atom. The fourth-order valence-electron chi connectivity index (χ4n) is 2.29. The summed E-state index contributed by atoms with van der Waals surface area (Å²) in [7, 11) is 4.07. The van der Waals surface area contributed by atoms with Crippen molar-refractivity contribution in [1.29, 1.82) is 0 Å². The molecule has 0 aromatic carbocycles. The first-order valence-electron chi connectivity index (χ1n) is 6.02. The second-order valence-corrected chi connectivity index (χ2v) is 4.12. The lowest BCUT2D eigenvalue weighted by Crippen LogP contribution is -2.36. The Labute approximate surface area is 98.7 Å². The van der Waals surface area contributed by atoms with E-state index in [1.54, 1.807) is 0 Å². The maximum Gasteiger partial charge on any atom is 0.0949 e. The Morgan fingerprint density at radius 1 is 1.44 bits per heavy atom. The minimum absolute atomic E-state index is 0.410. The Hall–Kier alpha value is -0.870. The fourth-order valence-corrected chi connectivity index (χ4v) is 2.29. The van der Waals surface area contributed by atoms with E-state index in [0.29, 0.717) is 6.04 Å². The van der Waals surface area contributed by atoms with Crippen LogP contribution in [0.3, 0.4) is 0 Å². The Balaban J connectivity index is 3.01. The molecule has 1 aromatic heterocycles. The van der Waals surface area contributed by atoms with Crippen molar-refractivity contribution in [2.24, 2.45) is 7.05 Å². The van der Waals surface area contributed by atoms with Crippen LogP contribution in [0.1, 0.15) is 31.3 Å². The topological polar surface area (TPSA) is 33.1 Å². The van der Waals surface area contributed by atoms with Gasteiger partial charge in [0.05, 0.1) is 23.8 Å². The summed E-state index contributed by atoms with van der Waals surface area (Å²) in [6.07, 6.45) is 1.90. The first kappa shape index (κ1) is 13.2. The number of aryl methyl sites for hydroxylation is 2. The number of rotatable bonds is 6. The molecule has 0 aliphatic rings. The van der Waals surface area contributed by atoms with E-state index in [9.17, 15) is 0 Å². The largest absolute Gasteiger partial charge is 0.336 e. The summed E-state index contributed by atoms with van der Waals surface area (Å²) in [6, 6.07) is 0.410. The summed E-state index contributed by atoms with van der Waals surface area (Å²) < 4.78 is 2.13. The van der Waals surface area contributed by atoms with Gasteiger partial charge in [-0.3, -0.25) is 4.90 Å². The van der Waals surface area contributed by atoms with Crippen molar-refractivity contribution >= 4 is 0 Å². The Morgan fingerprint density at radius 2 is 2.06 bits per heavy atom. The number of imidazole rings is 1. The molecule has 0 spiro atoms. The maximum absolute atomic E-state index is 4.38. The fraction of sp³-hybridized carbons (Fsp3) is 0.750. The lowest BCUT2D eigenvalue weighted by Gasteiger charge is -2.30. The van der Waals surface area contributed by atoms with Crippen LogP contribution in [0, 0.1) is 6.92 Å². The van der Waals surface area contributed by atoms with Crippen LogP contribution in [0.25, 0.3) is 0 Å². The third kappa shape index (κ3) is 2.62. The van der Waals surface area contributed by atoms with Gasteiger partial charge in [-0.15, -0.1) is 0 Å². The van der Waals surface area contributed by atoms with Crippen LogP contribution in [0.2, 0.25) is 0 Å². The molecule has 1 rings (SSSR count). The molecule has 16 heavy (non-hydrogen) atoms. The zero-order valence-corrected chi connectivity index (χ0v) is 11.1. The van der Waals surface area contributed by atoms with Crippen molar-refractivity contribution in [2.45, 2.75) is 26.8 Å². The van der Waals surface area contributed by atoms with E-state index < -0.39 is 0 Å². The van der Waals surface area contributed by atoms with E-state index in [1.807, 2.05) is 13.4 Å². The van der Waals surface area contributed by atoms with Gasteiger partial charge in [-0.25, -0.2) is 4.98 Å². The highest BCUT2D eigenvalue weighted by atomic mass is 15.2. The van der Waals surface area contributed by atoms with Gasteiger partial charge in [-0.05, 0) is 27.1 Å². The molecule has 92 valence electrons. The van der Waals surface area contributed by atoms with Crippen LogP contribution in [-0.4, -0.2) is 41.1 Å². The van der Waals surface area contributed by atoms with E-state index >= 15 is 0 Å². The lowest BCUT2D eigenvalue weighted by molar-refractivity contribution is 0.208. The number of hydrogen-bond acceptors (Lipinski definition) is 3. The van der Waals surface area contributed by atoms with Crippen molar-refractivity contribution in [3.63, 3.8) is 0 Å². The summed E-state index contributed by atoms with van der Waals surface area (Å²) in [5.41, 5.74) is 2.45.